The van der Waals surface area contributed by atoms with Crippen LogP contribution in [0, 0.1) is 10.5 Å². The molecule has 2 aromatic heterocycles. The van der Waals surface area contributed by atoms with E-state index in [4.69, 9.17) is 4.42 Å². The number of carbonyl (C=O) groups is 1. The van der Waals surface area contributed by atoms with Crippen LogP contribution in [0.5, 0.6) is 0 Å². The fourth-order valence-electron chi connectivity index (χ4n) is 2.01. The van der Waals surface area contributed by atoms with Crippen LogP contribution < -0.4 is 5.43 Å². The van der Waals surface area contributed by atoms with Gasteiger partial charge in [0.2, 0.25) is 0 Å². The molecule has 0 aliphatic heterocycles. The minimum absolute atomic E-state index is 0.317. The summed E-state index contributed by atoms with van der Waals surface area (Å²) in [6.45, 7) is 1.86. The summed E-state index contributed by atoms with van der Waals surface area (Å²) in [4.78, 5) is 16.0. The van der Waals surface area contributed by atoms with E-state index >= 15 is 0 Å². The highest BCUT2D eigenvalue weighted by Gasteiger charge is 2.05. The second kappa shape index (κ2) is 7.39. The van der Waals surface area contributed by atoms with Gasteiger partial charge in [-0.15, -0.1) is 0 Å². The highest BCUT2D eigenvalue weighted by molar-refractivity contribution is 14.1. The predicted molar refractivity (Wildman–Crippen MR) is 101 cm³/mol. The Balaban J connectivity index is 1.64. The first-order chi connectivity index (χ1) is 11.6. The standard InChI is InChI=1S/C18H14IN3O2/c1-12-2-3-14(10-20-12)18(23)22-21-11-16-8-9-17(24-16)13-4-6-15(19)7-5-13/h2-11H,1H3,(H,22,23). The molecule has 6 heteroatoms. The molecule has 0 bridgehead atoms. The van der Waals surface area contributed by atoms with Crippen molar-refractivity contribution in [2.24, 2.45) is 5.10 Å². The number of nitrogens with zero attached hydrogens (tertiary/aromatic N) is 2. The Morgan fingerprint density at radius 2 is 1.96 bits per heavy atom. The van der Waals surface area contributed by atoms with Crippen LogP contribution in [0.3, 0.4) is 0 Å². The van der Waals surface area contributed by atoms with Crippen LogP contribution in [0.1, 0.15) is 21.8 Å². The normalized spacial score (nSPS) is 10.9. The number of hydrogen-bond acceptors (Lipinski definition) is 4. The molecule has 24 heavy (non-hydrogen) atoms. The topological polar surface area (TPSA) is 67.5 Å². The van der Waals surface area contributed by atoms with Crippen molar-refractivity contribution in [3.8, 4) is 11.3 Å². The van der Waals surface area contributed by atoms with Crippen molar-refractivity contribution < 1.29 is 9.21 Å². The Morgan fingerprint density at radius 3 is 2.67 bits per heavy atom. The maximum atomic E-state index is 11.9. The van der Waals surface area contributed by atoms with E-state index < -0.39 is 0 Å². The molecule has 3 aromatic rings. The van der Waals surface area contributed by atoms with Gasteiger partial charge in [-0.3, -0.25) is 9.78 Å². The smallest absolute Gasteiger partial charge is 0.272 e. The molecule has 0 unspecified atom stereocenters. The molecule has 3 rings (SSSR count). The Hall–Kier alpha value is -2.48. The summed E-state index contributed by atoms with van der Waals surface area (Å²) in [5, 5.41) is 3.91. The van der Waals surface area contributed by atoms with Crippen LogP contribution in [0.4, 0.5) is 0 Å². The average molecular weight is 431 g/mol. The number of hydrogen-bond donors (Lipinski definition) is 1. The first-order valence-electron chi connectivity index (χ1n) is 7.24. The number of pyridine rings is 1. The van der Waals surface area contributed by atoms with Gasteiger partial charge in [-0.1, -0.05) is 12.1 Å². The molecule has 0 saturated carbocycles. The largest absolute Gasteiger partial charge is 0.455 e. The number of benzene rings is 1. The third kappa shape index (κ3) is 4.08. The molecular formula is C18H14IN3O2. The summed E-state index contributed by atoms with van der Waals surface area (Å²) in [6.07, 6.45) is 2.98. The van der Waals surface area contributed by atoms with E-state index in [1.165, 1.54) is 12.4 Å². The minimum atomic E-state index is -0.317. The highest BCUT2D eigenvalue weighted by Crippen LogP contribution is 2.22. The van der Waals surface area contributed by atoms with E-state index in [0.29, 0.717) is 11.3 Å². The Morgan fingerprint density at radius 1 is 1.17 bits per heavy atom. The summed E-state index contributed by atoms with van der Waals surface area (Å²) in [5.74, 6) is 0.996. The van der Waals surface area contributed by atoms with Crippen molar-refractivity contribution in [2.75, 3.05) is 0 Å². The van der Waals surface area contributed by atoms with Crippen LogP contribution in [0.25, 0.3) is 11.3 Å². The first-order valence-corrected chi connectivity index (χ1v) is 8.31. The third-order valence-electron chi connectivity index (χ3n) is 3.29. The molecule has 2 heterocycles. The van der Waals surface area contributed by atoms with Crippen LogP contribution in [-0.2, 0) is 0 Å². The van der Waals surface area contributed by atoms with E-state index in [9.17, 15) is 4.79 Å². The molecule has 0 spiro atoms. The molecule has 1 aromatic carbocycles. The van der Waals surface area contributed by atoms with E-state index in [0.717, 1.165) is 20.6 Å². The Labute approximate surface area is 152 Å². The van der Waals surface area contributed by atoms with Gasteiger partial charge in [-0.2, -0.15) is 5.10 Å². The number of aryl methyl sites for hydroxylation is 1. The summed E-state index contributed by atoms with van der Waals surface area (Å²) in [7, 11) is 0. The van der Waals surface area contributed by atoms with Crippen molar-refractivity contribution in [1.29, 1.82) is 0 Å². The monoisotopic (exact) mass is 431 g/mol. The SMILES string of the molecule is Cc1ccc(C(=O)NN=Cc2ccc(-c3ccc(I)cc3)o2)cn1. The number of hydrazone groups is 1. The van der Waals surface area contributed by atoms with Crippen LogP contribution >= 0.6 is 22.6 Å². The fraction of sp³-hybridized carbons (Fsp3) is 0.0556. The number of nitrogens with one attached hydrogen (secondary N) is 1. The van der Waals surface area contributed by atoms with E-state index in [-0.39, 0.29) is 5.91 Å². The summed E-state index contributed by atoms with van der Waals surface area (Å²) in [5.41, 5.74) is 4.75. The summed E-state index contributed by atoms with van der Waals surface area (Å²) < 4.78 is 6.86. The lowest BCUT2D eigenvalue weighted by Crippen LogP contribution is -2.17. The molecule has 5 nitrogen and oxygen atoms in total. The van der Waals surface area contributed by atoms with Crippen molar-refractivity contribution in [1.82, 2.24) is 10.4 Å². The quantitative estimate of drug-likeness (QED) is 0.386. The third-order valence-corrected chi connectivity index (χ3v) is 4.01. The van der Waals surface area contributed by atoms with Gasteiger partial charge < -0.3 is 4.42 Å². The average Bonchev–Trinajstić information content (AvgIpc) is 3.05. The van der Waals surface area contributed by atoms with Gasteiger partial charge in [0, 0.05) is 21.0 Å². The molecule has 0 aliphatic carbocycles. The minimum Gasteiger partial charge on any atom is -0.455 e. The van der Waals surface area contributed by atoms with Gasteiger partial charge in [-0.25, -0.2) is 5.43 Å². The van der Waals surface area contributed by atoms with Crippen molar-refractivity contribution in [3.05, 3.63) is 75.3 Å². The van der Waals surface area contributed by atoms with Gasteiger partial charge in [0.05, 0.1) is 11.8 Å². The van der Waals surface area contributed by atoms with Gasteiger partial charge in [0.25, 0.3) is 5.91 Å². The van der Waals surface area contributed by atoms with Gasteiger partial charge in [-0.05, 0) is 65.9 Å². The maximum Gasteiger partial charge on any atom is 0.272 e. The number of carbonyl (C=O) groups excluding carboxylic acids is 1. The molecule has 120 valence electrons. The number of halogens is 1. The highest BCUT2D eigenvalue weighted by atomic mass is 127. The lowest BCUT2D eigenvalue weighted by molar-refractivity contribution is 0.0954. The number of rotatable bonds is 4. The molecule has 0 atom stereocenters. The van der Waals surface area contributed by atoms with Crippen LogP contribution in [0.2, 0.25) is 0 Å². The zero-order chi connectivity index (χ0) is 16.9. The molecule has 0 radical (unpaired) electrons. The van der Waals surface area contributed by atoms with Gasteiger partial charge >= 0.3 is 0 Å². The number of aromatic nitrogens is 1. The van der Waals surface area contributed by atoms with Crippen LogP contribution in [0.15, 0.2) is 64.2 Å². The lowest BCUT2D eigenvalue weighted by atomic mass is 10.2. The molecule has 1 N–H and O–H groups in total. The lowest BCUT2D eigenvalue weighted by Gasteiger charge is -1.99. The van der Waals surface area contributed by atoms with Gasteiger partial charge in [0.15, 0.2) is 0 Å². The van der Waals surface area contributed by atoms with E-state index in [2.05, 4.69) is 38.1 Å². The molecule has 1 amide bonds. The molecule has 0 saturated heterocycles. The molecule has 0 fully saturated rings. The second-order valence-electron chi connectivity index (χ2n) is 5.10. The second-order valence-corrected chi connectivity index (χ2v) is 6.34. The summed E-state index contributed by atoms with van der Waals surface area (Å²) in [6, 6.07) is 15.2. The predicted octanol–water partition coefficient (Wildman–Crippen LogP) is 4.02. The zero-order valence-electron chi connectivity index (χ0n) is 12.9. The van der Waals surface area contributed by atoms with E-state index in [1.54, 1.807) is 18.2 Å². The van der Waals surface area contributed by atoms with Crippen molar-refractivity contribution in [3.63, 3.8) is 0 Å². The van der Waals surface area contributed by atoms with Crippen molar-refractivity contribution >= 4 is 34.7 Å². The molecule has 0 aliphatic rings. The first kappa shape index (κ1) is 16.4. The fourth-order valence-corrected chi connectivity index (χ4v) is 2.37. The van der Waals surface area contributed by atoms with Crippen LogP contribution in [-0.4, -0.2) is 17.1 Å². The van der Waals surface area contributed by atoms with E-state index in [1.807, 2.05) is 37.3 Å². The van der Waals surface area contributed by atoms with Crippen molar-refractivity contribution in [2.45, 2.75) is 6.92 Å². The summed E-state index contributed by atoms with van der Waals surface area (Å²) >= 11 is 2.26. The number of amides is 1. The molecular weight excluding hydrogens is 417 g/mol. The zero-order valence-corrected chi connectivity index (χ0v) is 15.0. The Kier molecular flexibility index (Phi) is 5.05. The van der Waals surface area contributed by atoms with Gasteiger partial charge in [0.1, 0.15) is 11.5 Å². The maximum absolute atomic E-state index is 11.9. The Bertz CT molecular complexity index is 868. The number of furan rings is 1.